The van der Waals surface area contributed by atoms with Crippen molar-refractivity contribution in [1.29, 1.82) is 0 Å². The number of H-pyrrole nitrogens is 1. The fraction of sp³-hybridized carbons (Fsp3) is 0.591. The van der Waals surface area contributed by atoms with Crippen LogP contribution in [0.4, 0.5) is 0 Å². The van der Waals surface area contributed by atoms with E-state index in [9.17, 15) is 5.11 Å². The fourth-order valence-corrected chi connectivity index (χ4v) is 3.66. The zero-order valence-electron chi connectivity index (χ0n) is 17.1. The minimum absolute atomic E-state index is 0.352. The molecule has 0 spiro atoms. The van der Waals surface area contributed by atoms with E-state index in [0.29, 0.717) is 6.61 Å². The predicted octanol–water partition coefficient (Wildman–Crippen LogP) is 3.69. The summed E-state index contributed by atoms with van der Waals surface area (Å²) in [6, 6.07) is 6.11. The first kappa shape index (κ1) is 19.9. The van der Waals surface area contributed by atoms with E-state index in [1.807, 2.05) is 12.1 Å². The summed E-state index contributed by atoms with van der Waals surface area (Å²) in [7, 11) is 0. The number of aryl methyl sites for hydroxylation is 4. The molecule has 1 aliphatic rings. The first-order chi connectivity index (χ1) is 12.9. The Morgan fingerprint density at radius 2 is 2.00 bits per heavy atom. The topological polar surface area (TPSA) is 61.4 Å². The van der Waals surface area contributed by atoms with E-state index in [1.165, 1.54) is 11.1 Å². The van der Waals surface area contributed by atoms with Crippen LogP contribution in [0.3, 0.4) is 0 Å². The average molecular weight is 372 g/mol. The van der Waals surface area contributed by atoms with Gasteiger partial charge in [-0.25, -0.2) is 4.98 Å². The van der Waals surface area contributed by atoms with E-state index in [-0.39, 0.29) is 0 Å². The fourth-order valence-electron chi connectivity index (χ4n) is 3.66. The highest BCUT2D eigenvalue weighted by molar-refractivity contribution is 5.33. The molecule has 0 saturated carbocycles. The van der Waals surface area contributed by atoms with Gasteiger partial charge >= 0.3 is 0 Å². The molecule has 5 nitrogen and oxygen atoms in total. The Morgan fingerprint density at radius 1 is 1.19 bits per heavy atom. The number of rotatable bonds is 6. The highest BCUT2D eigenvalue weighted by Crippen LogP contribution is 2.26. The Kier molecular flexibility index (Phi) is 6.22. The van der Waals surface area contributed by atoms with Gasteiger partial charge in [0.2, 0.25) is 0 Å². The van der Waals surface area contributed by atoms with E-state index in [1.54, 1.807) is 0 Å². The summed E-state index contributed by atoms with van der Waals surface area (Å²) < 4.78 is 5.94. The molecule has 0 aliphatic carbocycles. The summed E-state index contributed by atoms with van der Waals surface area (Å²) >= 11 is 0. The molecule has 1 fully saturated rings. The van der Waals surface area contributed by atoms with Crippen molar-refractivity contribution in [2.45, 2.75) is 65.5 Å². The van der Waals surface area contributed by atoms with Crippen molar-refractivity contribution in [1.82, 2.24) is 14.9 Å². The number of hydrogen-bond acceptors (Lipinski definition) is 4. The van der Waals surface area contributed by atoms with Gasteiger partial charge in [0.25, 0.3) is 0 Å². The Bertz CT molecular complexity index is 771. The van der Waals surface area contributed by atoms with Crippen molar-refractivity contribution < 1.29 is 9.84 Å². The average Bonchev–Trinajstić information content (AvgIpc) is 2.89. The normalized spacial score (nSPS) is 21.2. The summed E-state index contributed by atoms with van der Waals surface area (Å²) in [4.78, 5) is 10.5. The molecule has 3 rings (SSSR count). The Balaban J connectivity index is 1.56. The first-order valence-electron chi connectivity index (χ1n) is 10.1. The summed E-state index contributed by atoms with van der Waals surface area (Å²) in [5.41, 5.74) is 3.99. The van der Waals surface area contributed by atoms with E-state index >= 15 is 0 Å². The summed E-state index contributed by atoms with van der Waals surface area (Å²) in [5, 5.41) is 11.0. The number of likely N-dealkylation sites (tertiary alicyclic amines) is 1. The van der Waals surface area contributed by atoms with Crippen LogP contribution in [0.1, 0.15) is 54.5 Å². The van der Waals surface area contributed by atoms with Gasteiger partial charge in [-0.2, -0.15) is 0 Å². The maximum absolute atomic E-state index is 11.0. The lowest BCUT2D eigenvalue weighted by Crippen LogP contribution is -2.37. The number of aromatic nitrogens is 2. The molecule has 1 aromatic heterocycles. The zero-order valence-corrected chi connectivity index (χ0v) is 17.1. The highest BCUT2D eigenvalue weighted by Gasteiger charge is 2.31. The monoisotopic (exact) mass is 371 g/mol. The number of aromatic amines is 1. The second-order valence-corrected chi connectivity index (χ2v) is 8.00. The molecule has 148 valence electrons. The molecule has 0 radical (unpaired) electrons. The SMILES string of the molecule is CCc1nc(CN2CCCC(O)(COc3ccc(C)c(C)c3)CC2)c(C)[nH]1. The lowest BCUT2D eigenvalue weighted by molar-refractivity contribution is -0.0168. The minimum Gasteiger partial charge on any atom is -0.491 e. The van der Waals surface area contributed by atoms with Crippen LogP contribution in [0, 0.1) is 20.8 Å². The second-order valence-electron chi connectivity index (χ2n) is 8.00. The third-order valence-corrected chi connectivity index (χ3v) is 5.74. The van der Waals surface area contributed by atoms with E-state index in [4.69, 9.17) is 9.72 Å². The third kappa shape index (κ3) is 5.11. The number of imidazole rings is 1. The van der Waals surface area contributed by atoms with Gasteiger partial charge < -0.3 is 14.8 Å². The van der Waals surface area contributed by atoms with Gasteiger partial charge in [0.15, 0.2) is 0 Å². The lowest BCUT2D eigenvalue weighted by Gasteiger charge is -2.27. The van der Waals surface area contributed by atoms with Crippen LogP contribution < -0.4 is 4.74 Å². The maximum Gasteiger partial charge on any atom is 0.119 e. The van der Waals surface area contributed by atoms with Gasteiger partial charge in [-0.1, -0.05) is 13.0 Å². The molecular weight excluding hydrogens is 338 g/mol. The molecule has 0 amide bonds. The first-order valence-corrected chi connectivity index (χ1v) is 10.1. The molecule has 1 atom stereocenters. The molecule has 2 N–H and O–H groups in total. The molecule has 0 bridgehead atoms. The van der Waals surface area contributed by atoms with Crippen molar-refractivity contribution >= 4 is 0 Å². The maximum atomic E-state index is 11.0. The molecule has 1 aliphatic heterocycles. The van der Waals surface area contributed by atoms with Gasteiger partial charge in [-0.15, -0.1) is 0 Å². The van der Waals surface area contributed by atoms with Gasteiger partial charge in [0.05, 0.1) is 11.3 Å². The standard InChI is InChI=1S/C22H33N3O2/c1-5-21-23-18(4)20(24-21)14-25-11-6-9-22(26,10-12-25)15-27-19-8-7-16(2)17(3)13-19/h7-8,13,26H,5-6,9-12,14-15H2,1-4H3,(H,23,24). The molecule has 27 heavy (non-hydrogen) atoms. The lowest BCUT2D eigenvalue weighted by atomic mass is 9.96. The number of nitrogens with zero attached hydrogens (tertiary/aromatic N) is 2. The zero-order chi connectivity index (χ0) is 19.4. The van der Waals surface area contributed by atoms with E-state index < -0.39 is 5.60 Å². The minimum atomic E-state index is -0.761. The van der Waals surface area contributed by atoms with Crippen LogP contribution in [0.25, 0.3) is 0 Å². The van der Waals surface area contributed by atoms with E-state index in [2.05, 4.69) is 43.6 Å². The van der Waals surface area contributed by atoms with Crippen molar-refractivity contribution in [3.63, 3.8) is 0 Å². The van der Waals surface area contributed by atoms with Crippen LogP contribution >= 0.6 is 0 Å². The molecule has 1 saturated heterocycles. The van der Waals surface area contributed by atoms with Crippen molar-refractivity contribution in [2.75, 3.05) is 19.7 Å². The van der Waals surface area contributed by atoms with Crippen LogP contribution in [-0.4, -0.2) is 45.3 Å². The Morgan fingerprint density at radius 3 is 2.70 bits per heavy atom. The molecule has 2 aromatic rings. The molecule has 1 aromatic carbocycles. The van der Waals surface area contributed by atoms with Crippen LogP contribution in [0.5, 0.6) is 5.75 Å². The van der Waals surface area contributed by atoms with Gasteiger partial charge in [0, 0.05) is 25.2 Å². The van der Waals surface area contributed by atoms with Crippen LogP contribution in [0.15, 0.2) is 18.2 Å². The number of nitrogens with one attached hydrogen (secondary N) is 1. The van der Waals surface area contributed by atoms with Crippen molar-refractivity contribution in [2.24, 2.45) is 0 Å². The molecule has 1 unspecified atom stereocenters. The predicted molar refractivity (Wildman–Crippen MR) is 108 cm³/mol. The smallest absolute Gasteiger partial charge is 0.119 e. The van der Waals surface area contributed by atoms with Crippen LogP contribution in [0.2, 0.25) is 0 Å². The highest BCUT2D eigenvalue weighted by atomic mass is 16.5. The van der Waals surface area contributed by atoms with E-state index in [0.717, 1.165) is 68.3 Å². The second kappa shape index (κ2) is 8.44. The Labute approximate surface area is 162 Å². The molecular formula is C22H33N3O2. The Hall–Kier alpha value is -1.85. The largest absolute Gasteiger partial charge is 0.491 e. The number of hydrogen-bond donors (Lipinski definition) is 2. The van der Waals surface area contributed by atoms with Gasteiger partial charge in [-0.3, -0.25) is 4.90 Å². The number of benzene rings is 1. The quantitative estimate of drug-likeness (QED) is 0.813. The van der Waals surface area contributed by atoms with Crippen molar-refractivity contribution in [3.8, 4) is 5.75 Å². The van der Waals surface area contributed by atoms with Gasteiger partial charge in [0.1, 0.15) is 18.2 Å². The summed E-state index contributed by atoms with van der Waals surface area (Å²) in [5.74, 6) is 1.89. The number of aliphatic hydroxyl groups is 1. The van der Waals surface area contributed by atoms with Crippen LogP contribution in [-0.2, 0) is 13.0 Å². The molecule has 5 heteroatoms. The third-order valence-electron chi connectivity index (χ3n) is 5.74. The summed E-state index contributed by atoms with van der Waals surface area (Å²) in [6.45, 7) is 11.4. The van der Waals surface area contributed by atoms with Gasteiger partial charge in [-0.05, 0) is 69.8 Å². The van der Waals surface area contributed by atoms with Crippen molar-refractivity contribution in [3.05, 3.63) is 46.5 Å². The number of ether oxygens (including phenoxy) is 1. The summed E-state index contributed by atoms with van der Waals surface area (Å²) in [6.07, 6.45) is 3.39. The molecule has 2 heterocycles.